The maximum atomic E-state index is 11.3. The van der Waals surface area contributed by atoms with Crippen LogP contribution in [0.3, 0.4) is 0 Å². The SMILES string of the molecule is CC(C)(C)OC(=O)NNC1CCC(N)CC1. The lowest BCUT2D eigenvalue weighted by molar-refractivity contribution is 0.0482. The third-order valence-corrected chi connectivity index (χ3v) is 2.55. The molecular formula is C11H23N3O2. The maximum absolute atomic E-state index is 11.3. The zero-order valence-electron chi connectivity index (χ0n) is 10.4. The number of carbonyl (C=O) groups is 1. The number of hydrogen-bond donors (Lipinski definition) is 3. The second-order valence-corrected chi connectivity index (χ2v) is 5.38. The lowest BCUT2D eigenvalue weighted by Crippen LogP contribution is -2.48. The van der Waals surface area contributed by atoms with Gasteiger partial charge < -0.3 is 10.5 Å². The highest BCUT2D eigenvalue weighted by Gasteiger charge is 2.20. The molecule has 1 aliphatic carbocycles. The van der Waals surface area contributed by atoms with Crippen molar-refractivity contribution in [2.75, 3.05) is 0 Å². The molecule has 0 unspecified atom stereocenters. The summed E-state index contributed by atoms with van der Waals surface area (Å²) in [7, 11) is 0. The number of hydrazine groups is 1. The molecule has 5 nitrogen and oxygen atoms in total. The van der Waals surface area contributed by atoms with Gasteiger partial charge in [-0.15, -0.1) is 0 Å². The van der Waals surface area contributed by atoms with Crippen LogP contribution in [0.2, 0.25) is 0 Å². The standard InChI is InChI=1S/C11H23N3O2/c1-11(2,3)16-10(15)14-13-9-6-4-8(12)5-7-9/h8-9,13H,4-7,12H2,1-3H3,(H,14,15). The van der Waals surface area contributed by atoms with Gasteiger partial charge in [0.2, 0.25) is 0 Å². The number of hydrogen-bond acceptors (Lipinski definition) is 4. The average Bonchev–Trinajstić information content (AvgIpc) is 2.14. The number of ether oxygens (including phenoxy) is 1. The van der Waals surface area contributed by atoms with Crippen molar-refractivity contribution in [3.8, 4) is 0 Å². The number of nitrogens with two attached hydrogens (primary N) is 1. The summed E-state index contributed by atoms with van der Waals surface area (Å²) in [6.07, 6.45) is 3.58. The Balaban J connectivity index is 2.17. The Morgan fingerprint density at radius 2 is 1.81 bits per heavy atom. The van der Waals surface area contributed by atoms with Crippen LogP contribution >= 0.6 is 0 Å². The number of carbonyl (C=O) groups excluding carboxylic acids is 1. The van der Waals surface area contributed by atoms with E-state index in [1.54, 1.807) is 0 Å². The molecule has 1 rings (SSSR count). The second-order valence-electron chi connectivity index (χ2n) is 5.38. The van der Waals surface area contributed by atoms with Crippen molar-refractivity contribution in [2.24, 2.45) is 5.73 Å². The Labute approximate surface area is 97.1 Å². The van der Waals surface area contributed by atoms with Gasteiger partial charge in [0.05, 0.1) is 0 Å². The fourth-order valence-electron chi connectivity index (χ4n) is 1.73. The first-order valence-corrected chi connectivity index (χ1v) is 5.87. The molecule has 1 fully saturated rings. The van der Waals surface area contributed by atoms with Crippen LogP contribution < -0.4 is 16.6 Å². The van der Waals surface area contributed by atoms with Gasteiger partial charge in [-0.25, -0.2) is 10.2 Å². The van der Waals surface area contributed by atoms with E-state index < -0.39 is 11.7 Å². The quantitative estimate of drug-likeness (QED) is 0.624. The first-order valence-electron chi connectivity index (χ1n) is 5.87. The second kappa shape index (κ2) is 5.50. The Kier molecular flexibility index (Phi) is 4.56. The summed E-state index contributed by atoms with van der Waals surface area (Å²) in [5.74, 6) is 0. The molecule has 0 heterocycles. The molecule has 5 heteroatoms. The minimum Gasteiger partial charge on any atom is -0.443 e. The number of nitrogens with one attached hydrogen (secondary N) is 2. The van der Waals surface area contributed by atoms with Crippen molar-refractivity contribution < 1.29 is 9.53 Å². The summed E-state index contributed by atoms with van der Waals surface area (Å²) in [6, 6.07) is 0.631. The molecule has 1 amide bonds. The van der Waals surface area contributed by atoms with Gasteiger partial charge in [-0.05, 0) is 46.5 Å². The molecule has 1 saturated carbocycles. The Bertz CT molecular complexity index is 230. The molecule has 94 valence electrons. The van der Waals surface area contributed by atoms with Crippen molar-refractivity contribution in [1.82, 2.24) is 10.9 Å². The van der Waals surface area contributed by atoms with Crippen molar-refractivity contribution in [3.63, 3.8) is 0 Å². The van der Waals surface area contributed by atoms with Gasteiger partial charge in [-0.3, -0.25) is 5.43 Å². The average molecular weight is 229 g/mol. The Morgan fingerprint density at radius 3 is 2.31 bits per heavy atom. The van der Waals surface area contributed by atoms with Gasteiger partial charge in [0.25, 0.3) is 0 Å². The molecule has 0 aromatic rings. The van der Waals surface area contributed by atoms with Gasteiger partial charge in [-0.2, -0.15) is 0 Å². The molecule has 0 spiro atoms. The van der Waals surface area contributed by atoms with E-state index in [2.05, 4.69) is 10.9 Å². The van der Waals surface area contributed by atoms with Crippen LogP contribution in [0.4, 0.5) is 4.79 Å². The lowest BCUT2D eigenvalue weighted by atomic mass is 9.92. The van der Waals surface area contributed by atoms with Gasteiger partial charge in [-0.1, -0.05) is 0 Å². The molecule has 0 radical (unpaired) electrons. The molecular weight excluding hydrogens is 206 g/mol. The molecule has 0 bridgehead atoms. The topological polar surface area (TPSA) is 76.4 Å². The van der Waals surface area contributed by atoms with E-state index in [1.165, 1.54) is 0 Å². The van der Waals surface area contributed by atoms with Gasteiger partial charge >= 0.3 is 6.09 Å². The smallest absolute Gasteiger partial charge is 0.422 e. The van der Waals surface area contributed by atoms with E-state index >= 15 is 0 Å². The fraction of sp³-hybridized carbons (Fsp3) is 0.909. The van der Waals surface area contributed by atoms with E-state index in [-0.39, 0.29) is 0 Å². The largest absolute Gasteiger partial charge is 0.443 e. The van der Waals surface area contributed by atoms with Crippen LogP contribution in [-0.4, -0.2) is 23.8 Å². The zero-order chi connectivity index (χ0) is 12.2. The predicted molar refractivity (Wildman–Crippen MR) is 62.7 cm³/mol. The van der Waals surface area contributed by atoms with Gasteiger partial charge in [0.15, 0.2) is 0 Å². The highest BCUT2D eigenvalue weighted by atomic mass is 16.6. The van der Waals surface area contributed by atoms with E-state index in [9.17, 15) is 4.79 Å². The zero-order valence-corrected chi connectivity index (χ0v) is 10.4. The van der Waals surface area contributed by atoms with E-state index in [0.29, 0.717) is 12.1 Å². The van der Waals surface area contributed by atoms with Crippen molar-refractivity contribution >= 4 is 6.09 Å². The van der Waals surface area contributed by atoms with E-state index in [1.807, 2.05) is 20.8 Å². The summed E-state index contributed by atoms with van der Waals surface area (Å²) in [5, 5.41) is 0. The van der Waals surface area contributed by atoms with Crippen LogP contribution in [0.1, 0.15) is 46.5 Å². The third kappa shape index (κ3) is 5.32. The third-order valence-electron chi connectivity index (χ3n) is 2.55. The summed E-state index contributed by atoms with van der Waals surface area (Å²) < 4.78 is 5.11. The van der Waals surface area contributed by atoms with Crippen molar-refractivity contribution in [3.05, 3.63) is 0 Å². The van der Waals surface area contributed by atoms with Crippen LogP contribution in [0, 0.1) is 0 Å². The molecule has 1 aliphatic rings. The molecule has 0 atom stereocenters. The molecule has 16 heavy (non-hydrogen) atoms. The number of rotatable bonds is 2. The maximum Gasteiger partial charge on any atom is 0.422 e. The lowest BCUT2D eigenvalue weighted by Gasteiger charge is -2.27. The van der Waals surface area contributed by atoms with E-state index in [0.717, 1.165) is 25.7 Å². The normalized spacial score (nSPS) is 26.2. The summed E-state index contributed by atoms with van der Waals surface area (Å²) in [4.78, 5) is 11.3. The first kappa shape index (κ1) is 13.3. The van der Waals surface area contributed by atoms with Crippen molar-refractivity contribution in [1.29, 1.82) is 0 Å². The number of amides is 1. The molecule has 0 aliphatic heterocycles. The fourth-order valence-corrected chi connectivity index (χ4v) is 1.73. The summed E-state index contributed by atoms with van der Waals surface area (Å²) in [6.45, 7) is 5.52. The minimum absolute atomic E-state index is 0.312. The Morgan fingerprint density at radius 1 is 1.25 bits per heavy atom. The van der Waals surface area contributed by atoms with Crippen LogP contribution in [0.5, 0.6) is 0 Å². The van der Waals surface area contributed by atoms with Gasteiger partial charge in [0.1, 0.15) is 5.60 Å². The van der Waals surface area contributed by atoms with Crippen molar-refractivity contribution in [2.45, 2.75) is 64.1 Å². The molecule has 4 N–H and O–H groups in total. The first-order chi connectivity index (χ1) is 7.37. The highest BCUT2D eigenvalue weighted by molar-refractivity contribution is 5.67. The highest BCUT2D eigenvalue weighted by Crippen LogP contribution is 2.16. The monoisotopic (exact) mass is 229 g/mol. The molecule has 0 aromatic heterocycles. The Hall–Kier alpha value is -0.810. The minimum atomic E-state index is -0.458. The van der Waals surface area contributed by atoms with Crippen LogP contribution in [-0.2, 0) is 4.74 Å². The summed E-state index contributed by atoms with van der Waals surface area (Å²) in [5.41, 5.74) is 10.9. The molecule has 0 saturated heterocycles. The predicted octanol–water partition coefficient (Wildman–Crippen LogP) is 1.29. The van der Waals surface area contributed by atoms with Gasteiger partial charge in [0, 0.05) is 12.1 Å². The summed E-state index contributed by atoms with van der Waals surface area (Å²) >= 11 is 0. The van der Waals surface area contributed by atoms with E-state index in [4.69, 9.17) is 10.5 Å². The molecule has 0 aromatic carbocycles. The van der Waals surface area contributed by atoms with Crippen LogP contribution in [0.25, 0.3) is 0 Å². The van der Waals surface area contributed by atoms with Crippen LogP contribution in [0.15, 0.2) is 0 Å².